The quantitative estimate of drug-likeness (QED) is 0.399. The Morgan fingerprint density at radius 3 is 2.33 bits per heavy atom. The number of rotatable bonds is 4. The monoisotopic (exact) mass is 325 g/mol. The molecule has 2 nitrogen and oxygen atoms in total. The molecule has 0 aromatic heterocycles. The molecule has 4 heteroatoms. The third-order valence-electron chi connectivity index (χ3n) is 2.42. The summed E-state index contributed by atoms with van der Waals surface area (Å²) in [5.41, 5.74) is 1.62. The molecule has 92 valence electrons. The molecule has 0 unspecified atom stereocenters. The number of nitrogens with zero attached hydrogens (tertiary/aromatic N) is 1. The second-order valence-corrected chi connectivity index (χ2v) is 6.29. The van der Waals surface area contributed by atoms with Gasteiger partial charge < -0.3 is 0 Å². The van der Waals surface area contributed by atoms with Gasteiger partial charge in [-0.3, -0.25) is 0 Å². The van der Waals surface area contributed by atoms with Crippen LogP contribution in [0.1, 0.15) is 5.56 Å². The van der Waals surface area contributed by atoms with E-state index in [2.05, 4.69) is 17.3 Å². The maximum absolute atomic E-state index is 9.09. The molecule has 0 spiro atoms. The minimum atomic E-state index is 0.266. The molecular weight excluding hydrogens is 313 g/mol. The molecule has 0 amide bonds. The summed E-state index contributed by atoms with van der Waals surface area (Å²) in [5, 5.41) is 13.9. The van der Waals surface area contributed by atoms with E-state index in [0.29, 0.717) is 10.7 Å². The minimum absolute atomic E-state index is 0.266. The van der Waals surface area contributed by atoms with E-state index in [9.17, 15) is 0 Å². The summed E-state index contributed by atoms with van der Waals surface area (Å²) in [6.07, 6.45) is 0. The first kappa shape index (κ1) is 13.2. The Bertz CT molecular complexity index is 525. The van der Waals surface area contributed by atoms with E-state index < -0.39 is 0 Å². The van der Waals surface area contributed by atoms with Gasteiger partial charge in [0.15, 0.2) is 0 Å². The fourth-order valence-electron chi connectivity index (χ4n) is 1.48. The summed E-state index contributed by atoms with van der Waals surface area (Å²) >= 11 is 6.10. The molecular formula is C14H12ClNOSe. The summed E-state index contributed by atoms with van der Waals surface area (Å²) < 4.78 is 1.29. The van der Waals surface area contributed by atoms with Crippen molar-refractivity contribution in [3.8, 4) is 0 Å². The van der Waals surface area contributed by atoms with Crippen molar-refractivity contribution in [2.75, 3.05) is 0 Å². The van der Waals surface area contributed by atoms with E-state index in [0.717, 1.165) is 10.9 Å². The molecule has 0 saturated carbocycles. The topological polar surface area (TPSA) is 32.6 Å². The number of oxime groups is 1. The summed E-state index contributed by atoms with van der Waals surface area (Å²) in [5.74, 6) is 0. The van der Waals surface area contributed by atoms with Gasteiger partial charge >= 0.3 is 118 Å². The van der Waals surface area contributed by atoms with Gasteiger partial charge in [0.25, 0.3) is 0 Å². The fraction of sp³-hybridized carbons (Fsp3) is 0.0714. The van der Waals surface area contributed by atoms with Gasteiger partial charge in [0.05, 0.1) is 0 Å². The molecule has 0 fully saturated rings. The van der Waals surface area contributed by atoms with Crippen LogP contribution in [-0.2, 0) is 0 Å². The predicted octanol–water partition coefficient (Wildman–Crippen LogP) is 2.97. The van der Waals surface area contributed by atoms with Crippen LogP contribution in [0.4, 0.5) is 0 Å². The van der Waals surface area contributed by atoms with Crippen LogP contribution >= 0.6 is 11.6 Å². The Hall–Kier alpha value is -1.28. The SMILES string of the molecule is O/N=C(\C[Se]c1ccccc1)c1ccc(Cl)cc1. The normalized spacial score (nSPS) is 11.5. The first-order valence-electron chi connectivity index (χ1n) is 5.44. The zero-order valence-electron chi connectivity index (χ0n) is 9.58. The molecule has 2 aromatic carbocycles. The zero-order chi connectivity index (χ0) is 12.8. The number of hydrogen-bond acceptors (Lipinski definition) is 2. The Balaban J connectivity index is 2.05. The van der Waals surface area contributed by atoms with Crippen LogP contribution in [0.15, 0.2) is 59.8 Å². The molecule has 0 saturated heterocycles. The van der Waals surface area contributed by atoms with Crippen LogP contribution in [0.25, 0.3) is 0 Å². The van der Waals surface area contributed by atoms with Crippen LogP contribution in [0.5, 0.6) is 0 Å². The van der Waals surface area contributed by atoms with Gasteiger partial charge in [-0.25, -0.2) is 0 Å². The van der Waals surface area contributed by atoms with Crippen molar-refractivity contribution in [1.82, 2.24) is 0 Å². The van der Waals surface area contributed by atoms with Crippen molar-refractivity contribution in [3.05, 3.63) is 65.2 Å². The van der Waals surface area contributed by atoms with Crippen molar-refractivity contribution in [2.24, 2.45) is 5.16 Å². The molecule has 0 radical (unpaired) electrons. The van der Waals surface area contributed by atoms with Crippen molar-refractivity contribution >= 4 is 36.7 Å². The van der Waals surface area contributed by atoms with Crippen LogP contribution in [-0.4, -0.2) is 25.9 Å². The van der Waals surface area contributed by atoms with Gasteiger partial charge in [-0.15, -0.1) is 0 Å². The number of halogens is 1. The number of hydrogen-bond donors (Lipinski definition) is 1. The van der Waals surface area contributed by atoms with Crippen molar-refractivity contribution < 1.29 is 5.21 Å². The third-order valence-corrected chi connectivity index (χ3v) is 4.82. The maximum atomic E-state index is 9.09. The molecule has 1 N–H and O–H groups in total. The number of benzene rings is 2. The van der Waals surface area contributed by atoms with Gasteiger partial charge in [0, 0.05) is 0 Å². The van der Waals surface area contributed by atoms with Gasteiger partial charge in [-0.2, -0.15) is 0 Å². The van der Waals surface area contributed by atoms with Crippen LogP contribution in [0.2, 0.25) is 10.3 Å². The molecule has 0 heterocycles. The molecule has 0 aliphatic rings. The second kappa shape index (κ2) is 6.60. The summed E-state index contributed by atoms with van der Waals surface area (Å²) in [7, 11) is 0. The summed E-state index contributed by atoms with van der Waals surface area (Å²) in [4.78, 5) is 0. The Labute approximate surface area is 117 Å². The summed E-state index contributed by atoms with van der Waals surface area (Å²) in [6.45, 7) is 0. The van der Waals surface area contributed by atoms with Gasteiger partial charge in [0.2, 0.25) is 0 Å². The molecule has 0 aliphatic carbocycles. The standard InChI is InChI=1S/C14H12ClNOSe/c15-12-8-6-11(7-9-12)14(16-17)10-18-13-4-2-1-3-5-13/h1-9,17H,10H2/b16-14+. The van der Waals surface area contributed by atoms with E-state index in [1.54, 1.807) is 12.1 Å². The third kappa shape index (κ3) is 3.61. The van der Waals surface area contributed by atoms with Crippen LogP contribution in [0.3, 0.4) is 0 Å². The van der Waals surface area contributed by atoms with Gasteiger partial charge in [-0.05, 0) is 0 Å². The van der Waals surface area contributed by atoms with E-state index in [4.69, 9.17) is 16.8 Å². The van der Waals surface area contributed by atoms with E-state index in [-0.39, 0.29) is 15.0 Å². The van der Waals surface area contributed by atoms with Crippen molar-refractivity contribution in [2.45, 2.75) is 5.32 Å². The predicted molar refractivity (Wildman–Crippen MR) is 76.4 cm³/mol. The Kier molecular flexibility index (Phi) is 4.82. The summed E-state index contributed by atoms with van der Waals surface area (Å²) in [6, 6.07) is 17.6. The zero-order valence-corrected chi connectivity index (χ0v) is 12.1. The fourth-order valence-corrected chi connectivity index (χ4v) is 3.45. The molecule has 0 bridgehead atoms. The van der Waals surface area contributed by atoms with E-state index in [1.165, 1.54) is 4.46 Å². The Morgan fingerprint density at radius 2 is 1.72 bits per heavy atom. The molecule has 0 atom stereocenters. The molecule has 18 heavy (non-hydrogen) atoms. The molecule has 2 rings (SSSR count). The van der Waals surface area contributed by atoms with E-state index >= 15 is 0 Å². The molecule has 2 aromatic rings. The van der Waals surface area contributed by atoms with Crippen LogP contribution < -0.4 is 4.46 Å². The first-order chi connectivity index (χ1) is 8.79. The first-order valence-corrected chi connectivity index (χ1v) is 7.89. The molecule has 0 aliphatic heterocycles. The van der Waals surface area contributed by atoms with Crippen molar-refractivity contribution in [3.63, 3.8) is 0 Å². The Morgan fingerprint density at radius 1 is 1.06 bits per heavy atom. The van der Waals surface area contributed by atoms with Gasteiger partial charge in [-0.1, -0.05) is 0 Å². The van der Waals surface area contributed by atoms with E-state index in [1.807, 2.05) is 30.3 Å². The average molecular weight is 325 g/mol. The van der Waals surface area contributed by atoms with Crippen molar-refractivity contribution in [1.29, 1.82) is 0 Å². The van der Waals surface area contributed by atoms with Crippen LogP contribution in [0, 0.1) is 0 Å². The second-order valence-electron chi connectivity index (χ2n) is 3.66. The average Bonchev–Trinajstić information content (AvgIpc) is 2.42. The van der Waals surface area contributed by atoms with Gasteiger partial charge in [0.1, 0.15) is 0 Å².